The maximum absolute atomic E-state index is 5.93. The van der Waals surface area contributed by atoms with E-state index in [9.17, 15) is 0 Å². The van der Waals surface area contributed by atoms with Crippen LogP contribution < -0.4 is 5.73 Å². The number of rotatable bonds is 2. The van der Waals surface area contributed by atoms with Gasteiger partial charge in [-0.1, -0.05) is 22.0 Å². The third kappa shape index (κ3) is 2.59. The van der Waals surface area contributed by atoms with E-state index >= 15 is 0 Å². The lowest BCUT2D eigenvalue weighted by molar-refractivity contribution is 0.825. The maximum Gasteiger partial charge on any atom is 0.124 e. The van der Waals surface area contributed by atoms with Crippen LogP contribution in [0.4, 0.5) is 0 Å². The zero-order valence-corrected chi connectivity index (χ0v) is 12.5. The Labute approximate surface area is 114 Å². The quantitative estimate of drug-likeness (QED) is 0.902. The smallest absolute Gasteiger partial charge is 0.124 e. The van der Waals surface area contributed by atoms with E-state index in [-0.39, 0.29) is 6.04 Å². The Balaban J connectivity index is 2.50. The van der Waals surface area contributed by atoms with Crippen LogP contribution in [0.25, 0.3) is 10.6 Å². The number of thiazole rings is 1. The predicted molar refractivity (Wildman–Crippen MR) is 77.3 cm³/mol. The number of nitrogens with zero attached hydrogens (tertiary/aromatic N) is 1. The van der Waals surface area contributed by atoms with Crippen LogP contribution in [0.15, 0.2) is 22.7 Å². The summed E-state index contributed by atoms with van der Waals surface area (Å²) in [5.41, 5.74) is 9.39. The summed E-state index contributed by atoms with van der Waals surface area (Å²) in [6, 6.07) is 6.31. The van der Waals surface area contributed by atoms with Gasteiger partial charge in [-0.15, -0.1) is 11.3 Å². The van der Waals surface area contributed by atoms with Crippen molar-refractivity contribution in [3.8, 4) is 10.6 Å². The van der Waals surface area contributed by atoms with Crippen LogP contribution in [0, 0.1) is 13.8 Å². The molecule has 1 atom stereocenters. The van der Waals surface area contributed by atoms with E-state index < -0.39 is 0 Å². The molecule has 17 heavy (non-hydrogen) atoms. The van der Waals surface area contributed by atoms with Gasteiger partial charge in [0.15, 0.2) is 0 Å². The molecule has 0 saturated carbocycles. The Morgan fingerprint density at radius 3 is 2.59 bits per heavy atom. The van der Waals surface area contributed by atoms with Crippen molar-refractivity contribution in [1.82, 2.24) is 4.98 Å². The van der Waals surface area contributed by atoms with E-state index in [1.54, 1.807) is 11.3 Å². The third-order valence-corrected chi connectivity index (χ3v) is 4.55. The lowest BCUT2D eigenvalue weighted by Crippen LogP contribution is -2.03. The molecule has 90 valence electrons. The molecule has 1 unspecified atom stereocenters. The second kappa shape index (κ2) is 4.88. The summed E-state index contributed by atoms with van der Waals surface area (Å²) in [6.45, 7) is 6.12. The van der Waals surface area contributed by atoms with Crippen molar-refractivity contribution in [3.63, 3.8) is 0 Å². The molecule has 2 aromatic rings. The van der Waals surface area contributed by atoms with E-state index in [1.165, 1.54) is 16.0 Å². The highest BCUT2D eigenvalue weighted by Gasteiger charge is 2.13. The first-order valence-electron chi connectivity index (χ1n) is 5.48. The number of aryl methyl sites for hydroxylation is 2. The van der Waals surface area contributed by atoms with E-state index in [2.05, 4.69) is 40.0 Å². The first-order chi connectivity index (χ1) is 7.99. The van der Waals surface area contributed by atoms with Crippen LogP contribution in [0.1, 0.15) is 29.1 Å². The fourth-order valence-electron chi connectivity index (χ4n) is 1.81. The summed E-state index contributed by atoms with van der Waals surface area (Å²) in [5, 5.41) is 1.06. The van der Waals surface area contributed by atoms with Crippen LogP contribution in [0.3, 0.4) is 0 Å². The number of halogens is 1. The van der Waals surface area contributed by atoms with Gasteiger partial charge in [-0.3, -0.25) is 0 Å². The van der Waals surface area contributed by atoms with Crippen molar-refractivity contribution in [2.24, 2.45) is 5.73 Å². The molecule has 1 aromatic heterocycles. The molecule has 0 fully saturated rings. The molecule has 2 nitrogen and oxygen atoms in total. The molecule has 1 heterocycles. The largest absolute Gasteiger partial charge is 0.323 e. The summed E-state index contributed by atoms with van der Waals surface area (Å²) < 4.78 is 1.10. The van der Waals surface area contributed by atoms with Crippen LogP contribution in [-0.4, -0.2) is 4.98 Å². The van der Waals surface area contributed by atoms with Crippen molar-refractivity contribution in [3.05, 3.63) is 38.8 Å². The van der Waals surface area contributed by atoms with Gasteiger partial charge < -0.3 is 5.73 Å². The number of benzene rings is 1. The van der Waals surface area contributed by atoms with Crippen molar-refractivity contribution < 1.29 is 0 Å². The van der Waals surface area contributed by atoms with Gasteiger partial charge in [0.1, 0.15) is 5.01 Å². The second-order valence-corrected chi connectivity index (χ2v) is 6.16. The van der Waals surface area contributed by atoms with E-state index in [0.29, 0.717) is 0 Å². The van der Waals surface area contributed by atoms with Gasteiger partial charge in [0, 0.05) is 21.0 Å². The Morgan fingerprint density at radius 2 is 2.06 bits per heavy atom. The SMILES string of the molecule is Cc1cc(Br)ccc1-c1nc(C)c(C(C)N)s1. The molecule has 0 amide bonds. The summed E-state index contributed by atoms with van der Waals surface area (Å²) in [5.74, 6) is 0. The van der Waals surface area contributed by atoms with Gasteiger partial charge in [0.05, 0.1) is 5.69 Å². The molecule has 0 radical (unpaired) electrons. The minimum absolute atomic E-state index is 0.0528. The van der Waals surface area contributed by atoms with Crippen LogP contribution in [0.2, 0.25) is 0 Å². The Bertz CT molecular complexity index is 546. The first-order valence-corrected chi connectivity index (χ1v) is 7.09. The summed E-state index contributed by atoms with van der Waals surface area (Å²) in [4.78, 5) is 5.78. The molecule has 1 aromatic carbocycles. The fraction of sp³-hybridized carbons (Fsp3) is 0.308. The molecule has 0 aliphatic carbocycles. The van der Waals surface area contributed by atoms with E-state index in [1.807, 2.05) is 19.9 Å². The Hall–Kier alpha value is -0.710. The number of nitrogens with two attached hydrogens (primary N) is 1. The summed E-state index contributed by atoms with van der Waals surface area (Å²) in [6.07, 6.45) is 0. The van der Waals surface area contributed by atoms with Gasteiger partial charge in [-0.25, -0.2) is 4.98 Å². The van der Waals surface area contributed by atoms with Crippen molar-refractivity contribution in [1.29, 1.82) is 0 Å². The first kappa shape index (κ1) is 12.7. The minimum Gasteiger partial charge on any atom is -0.323 e. The Morgan fingerprint density at radius 1 is 1.35 bits per heavy atom. The average Bonchev–Trinajstić information content (AvgIpc) is 2.60. The highest BCUT2D eigenvalue weighted by molar-refractivity contribution is 9.10. The van der Waals surface area contributed by atoms with Crippen molar-refractivity contribution in [2.45, 2.75) is 26.8 Å². The number of hydrogen-bond acceptors (Lipinski definition) is 3. The van der Waals surface area contributed by atoms with E-state index in [4.69, 9.17) is 5.73 Å². The predicted octanol–water partition coefficient (Wildman–Crippen LogP) is 4.21. The Kier molecular flexibility index (Phi) is 3.66. The normalized spacial score (nSPS) is 12.8. The third-order valence-electron chi connectivity index (χ3n) is 2.66. The van der Waals surface area contributed by atoms with Crippen LogP contribution in [-0.2, 0) is 0 Å². The van der Waals surface area contributed by atoms with E-state index in [0.717, 1.165) is 15.2 Å². The maximum atomic E-state index is 5.93. The van der Waals surface area contributed by atoms with Crippen molar-refractivity contribution >= 4 is 27.3 Å². The fourth-order valence-corrected chi connectivity index (χ4v) is 3.40. The van der Waals surface area contributed by atoms with Gasteiger partial charge in [-0.05, 0) is 38.5 Å². The molecule has 0 aliphatic rings. The molecule has 0 saturated heterocycles. The van der Waals surface area contributed by atoms with Gasteiger partial charge >= 0.3 is 0 Å². The van der Waals surface area contributed by atoms with Gasteiger partial charge in [0.25, 0.3) is 0 Å². The monoisotopic (exact) mass is 310 g/mol. The lowest BCUT2D eigenvalue weighted by atomic mass is 10.1. The highest BCUT2D eigenvalue weighted by Crippen LogP contribution is 2.33. The van der Waals surface area contributed by atoms with Crippen LogP contribution >= 0.6 is 27.3 Å². The minimum atomic E-state index is 0.0528. The molecular formula is C13H15BrN2S. The van der Waals surface area contributed by atoms with Crippen LogP contribution in [0.5, 0.6) is 0 Å². The lowest BCUT2D eigenvalue weighted by Gasteiger charge is -2.02. The molecule has 4 heteroatoms. The zero-order valence-electron chi connectivity index (χ0n) is 10.1. The van der Waals surface area contributed by atoms with Gasteiger partial charge in [-0.2, -0.15) is 0 Å². The average molecular weight is 311 g/mol. The zero-order chi connectivity index (χ0) is 12.6. The highest BCUT2D eigenvalue weighted by atomic mass is 79.9. The summed E-state index contributed by atoms with van der Waals surface area (Å²) in [7, 11) is 0. The molecule has 0 aliphatic heterocycles. The standard InChI is InChI=1S/C13H15BrN2S/c1-7-6-10(14)4-5-11(7)13-16-9(3)12(17-13)8(2)15/h4-6,8H,15H2,1-3H3. The number of aromatic nitrogens is 1. The topological polar surface area (TPSA) is 38.9 Å². The molecule has 0 spiro atoms. The molecule has 0 bridgehead atoms. The molecule has 2 N–H and O–H groups in total. The molecular weight excluding hydrogens is 296 g/mol. The van der Waals surface area contributed by atoms with Crippen molar-refractivity contribution in [2.75, 3.05) is 0 Å². The van der Waals surface area contributed by atoms with Gasteiger partial charge in [0.2, 0.25) is 0 Å². The number of hydrogen-bond donors (Lipinski definition) is 1. The molecule has 2 rings (SSSR count). The summed E-state index contributed by atoms with van der Waals surface area (Å²) >= 11 is 5.16. The second-order valence-electron chi connectivity index (χ2n) is 4.22.